The van der Waals surface area contributed by atoms with Gasteiger partial charge in [-0.05, 0) is 42.8 Å². The monoisotopic (exact) mass is 314 g/mol. The molecule has 0 fully saturated rings. The van der Waals surface area contributed by atoms with E-state index in [0.29, 0.717) is 0 Å². The summed E-state index contributed by atoms with van der Waals surface area (Å²) in [6.07, 6.45) is 1.82. The van der Waals surface area contributed by atoms with Gasteiger partial charge in [0, 0.05) is 22.7 Å². The highest BCUT2D eigenvalue weighted by molar-refractivity contribution is 7.98. The van der Waals surface area contributed by atoms with Crippen LogP contribution in [-0.4, -0.2) is 9.55 Å². The number of aryl methyl sites for hydroxylation is 1. The molecule has 0 saturated heterocycles. The van der Waals surface area contributed by atoms with Crippen LogP contribution in [0.25, 0.3) is 5.82 Å². The maximum Gasteiger partial charge on any atom is 0.137 e. The van der Waals surface area contributed by atoms with Gasteiger partial charge in [0.1, 0.15) is 5.82 Å². The molecule has 2 aromatic heterocycles. The van der Waals surface area contributed by atoms with E-state index in [1.54, 1.807) is 11.8 Å². The molecule has 0 amide bonds. The Bertz CT molecular complexity index is 738. The van der Waals surface area contributed by atoms with E-state index in [9.17, 15) is 0 Å². The number of hydrogen-bond acceptors (Lipinski definition) is 2. The Hall–Kier alpha value is -1.71. The molecule has 4 heteroatoms. The van der Waals surface area contributed by atoms with Gasteiger partial charge in [-0.1, -0.05) is 35.9 Å². The van der Waals surface area contributed by atoms with Crippen LogP contribution < -0.4 is 0 Å². The van der Waals surface area contributed by atoms with Gasteiger partial charge in [0.05, 0.1) is 5.03 Å². The zero-order valence-corrected chi connectivity index (χ0v) is 13.2. The maximum atomic E-state index is 6.22. The van der Waals surface area contributed by atoms with Gasteiger partial charge in [0.15, 0.2) is 0 Å². The predicted molar refractivity (Wildman–Crippen MR) is 89.3 cm³/mol. The molecule has 0 saturated carbocycles. The van der Waals surface area contributed by atoms with Crippen molar-refractivity contribution in [2.75, 3.05) is 0 Å². The van der Waals surface area contributed by atoms with Gasteiger partial charge in [0.2, 0.25) is 0 Å². The first-order valence-electron chi connectivity index (χ1n) is 6.71. The van der Waals surface area contributed by atoms with E-state index >= 15 is 0 Å². The summed E-state index contributed by atoms with van der Waals surface area (Å²) in [7, 11) is 0. The summed E-state index contributed by atoms with van der Waals surface area (Å²) in [6, 6.07) is 18.2. The third kappa shape index (κ3) is 3.14. The number of hydrogen-bond donors (Lipinski definition) is 0. The lowest BCUT2D eigenvalue weighted by molar-refractivity contribution is 0.875. The lowest BCUT2D eigenvalue weighted by atomic mass is 10.2. The summed E-state index contributed by atoms with van der Waals surface area (Å²) in [5.74, 6) is 1.79. The van der Waals surface area contributed by atoms with E-state index in [0.717, 1.165) is 22.2 Å². The van der Waals surface area contributed by atoms with Gasteiger partial charge in [0.25, 0.3) is 0 Å². The van der Waals surface area contributed by atoms with Crippen LogP contribution in [0.2, 0.25) is 5.02 Å². The Morgan fingerprint density at radius 1 is 1.05 bits per heavy atom. The fourth-order valence-corrected chi connectivity index (χ4v) is 3.54. The van der Waals surface area contributed by atoms with Crippen molar-refractivity contribution in [2.45, 2.75) is 17.7 Å². The quantitative estimate of drug-likeness (QED) is 0.621. The highest BCUT2D eigenvalue weighted by Gasteiger charge is 2.09. The van der Waals surface area contributed by atoms with Crippen molar-refractivity contribution in [1.29, 1.82) is 0 Å². The van der Waals surface area contributed by atoms with Crippen LogP contribution in [0.1, 0.15) is 11.3 Å². The smallest absolute Gasteiger partial charge is 0.137 e. The van der Waals surface area contributed by atoms with Crippen molar-refractivity contribution in [2.24, 2.45) is 0 Å². The fourth-order valence-electron chi connectivity index (χ4n) is 2.17. The van der Waals surface area contributed by atoms with E-state index in [1.807, 2.05) is 42.6 Å². The van der Waals surface area contributed by atoms with Crippen LogP contribution in [0.3, 0.4) is 0 Å². The molecule has 21 heavy (non-hydrogen) atoms. The van der Waals surface area contributed by atoms with Crippen molar-refractivity contribution in [3.63, 3.8) is 0 Å². The summed E-state index contributed by atoms with van der Waals surface area (Å²) in [5, 5.41) is 1.99. The molecular weight excluding hydrogens is 300 g/mol. The Labute approximate surface area is 133 Å². The van der Waals surface area contributed by atoms with Gasteiger partial charge >= 0.3 is 0 Å². The zero-order chi connectivity index (χ0) is 14.7. The summed E-state index contributed by atoms with van der Waals surface area (Å²) in [5.41, 5.74) is 2.32. The van der Waals surface area contributed by atoms with Gasteiger partial charge in [-0.3, -0.25) is 4.57 Å². The number of thioether (sulfide) groups is 1. The number of halogens is 1. The summed E-state index contributed by atoms with van der Waals surface area (Å²) in [4.78, 5) is 4.44. The maximum absolute atomic E-state index is 6.22. The molecular formula is C17H15ClN2S. The topological polar surface area (TPSA) is 17.8 Å². The van der Waals surface area contributed by atoms with Gasteiger partial charge in [-0.25, -0.2) is 4.98 Å². The first-order chi connectivity index (χ1) is 10.3. The molecule has 0 atom stereocenters. The Morgan fingerprint density at radius 3 is 2.62 bits per heavy atom. The van der Waals surface area contributed by atoms with Crippen LogP contribution in [0.15, 0.2) is 65.8 Å². The second kappa shape index (κ2) is 6.37. The van der Waals surface area contributed by atoms with Crippen LogP contribution in [0.4, 0.5) is 0 Å². The summed E-state index contributed by atoms with van der Waals surface area (Å²) in [6.45, 7) is 2.09. The van der Waals surface area contributed by atoms with Crippen molar-refractivity contribution in [1.82, 2.24) is 9.55 Å². The second-order valence-electron chi connectivity index (χ2n) is 4.72. The molecule has 106 valence electrons. The standard InChI is InChI=1S/C17H15ClN2S/c1-13-9-10-17(20(13)16-8-4-5-11-19-16)21-12-14-6-2-3-7-15(14)18/h2-11H,12H2,1H3. The molecule has 3 rings (SSSR count). The van der Waals surface area contributed by atoms with Gasteiger partial charge in [-0.15, -0.1) is 11.8 Å². The largest absolute Gasteiger partial charge is 0.293 e. The molecule has 0 radical (unpaired) electrons. The SMILES string of the molecule is Cc1ccc(SCc2ccccc2Cl)n1-c1ccccn1. The average molecular weight is 315 g/mol. The van der Waals surface area contributed by atoms with Gasteiger partial charge in [-0.2, -0.15) is 0 Å². The molecule has 3 aromatic rings. The highest BCUT2D eigenvalue weighted by atomic mass is 35.5. The molecule has 1 aromatic carbocycles. The minimum Gasteiger partial charge on any atom is -0.293 e. The van der Waals surface area contributed by atoms with Crippen molar-refractivity contribution in [3.05, 3.63) is 77.1 Å². The molecule has 2 heterocycles. The van der Waals surface area contributed by atoms with E-state index in [4.69, 9.17) is 11.6 Å². The van der Waals surface area contributed by atoms with E-state index in [1.165, 1.54) is 10.7 Å². The van der Waals surface area contributed by atoms with Crippen LogP contribution in [0.5, 0.6) is 0 Å². The van der Waals surface area contributed by atoms with Crippen LogP contribution in [0, 0.1) is 6.92 Å². The second-order valence-corrected chi connectivity index (χ2v) is 6.12. The highest BCUT2D eigenvalue weighted by Crippen LogP contribution is 2.29. The fraction of sp³-hybridized carbons (Fsp3) is 0.118. The molecule has 0 aliphatic heterocycles. The average Bonchev–Trinajstić information content (AvgIpc) is 2.88. The van der Waals surface area contributed by atoms with E-state index in [2.05, 4.69) is 34.7 Å². The Morgan fingerprint density at radius 2 is 1.86 bits per heavy atom. The first-order valence-corrected chi connectivity index (χ1v) is 8.08. The molecule has 0 bridgehead atoms. The Balaban J connectivity index is 1.86. The minimum absolute atomic E-state index is 0.817. The lowest BCUT2D eigenvalue weighted by Crippen LogP contribution is -2.00. The number of pyridine rings is 1. The van der Waals surface area contributed by atoms with Crippen molar-refractivity contribution in [3.8, 4) is 5.82 Å². The molecule has 0 N–H and O–H groups in total. The lowest BCUT2D eigenvalue weighted by Gasteiger charge is -2.10. The normalized spacial score (nSPS) is 10.8. The third-order valence-electron chi connectivity index (χ3n) is 3.25. The molecule has 0 aliphatic carbocycles. The van der Waals surface area contributed by atoms with E-state index < -0.39 is 0 Å². The van der Waals surface area contributed by atoms with Crippen molar-refractivity contribution >= 4 is 23.4 Å². The zero-order valence-electron chi connectivity index (χ0n) is 11.7. The molecule has 0 aliphatic rings. The number of benzene rings is 1. The number of rotatable bonds is 4. The van der Waals surface area contributed by atoms with E-state index in [-0.39, 0.29) is 0 Å². The van der Waals surface area contributed by atoms with Gasteiger partial charge < -0.3 is 0 Å². The summed E-state index contributed by atoms with van der Waals surface area (Å²) < 4.78 is 2.17. The molecule has 0 unspecified atom stereocenters. The number of aromatic nitrogens is 2. The molecule has 2 nitrogen and oxygen atoms in total. The van der Waals surface area contributed by atoms with Crippen LogP contribution >= 0.6 is 23.4 Å². The minimum atomic E-state index is 0.817. The first kappa shape index (κ1) is 14.2. The van der Waals surface area contributed by atoms with Crippen LogP contribution in [-0.2, 0) is 5.75 Å². The van der Waals surface area contributed by atoms with Crippen molar-refractivity contribution < 1.29 is 0 Å². The predicted octanol–water partition coefficient (Wildman–Crippen LogP) is 5.13. The summed E-state index contributed by atoms with van der Waals surface area (Å²) >= 11 is 7.99. The molecule has 0 spiro atoms. The third-order valence-corrected chi connectivity index (χ3v) is 4.69. The number of nitrogens with zero attached hydrogens (tertiary/aromatic N) is 2. The Kier molecular flexibility index (Phi) is 4.32.